The molecule has 0 radical (unpaired) electrons. The monoisotopic (exact) mass is 357 g/mol. The first kappa shape index (κ1) is 17.3. The number of imide groups is 1. The first-order chi connectivity index (χ1) is 12.6. The smallest absolute Gasteiger partial charge is 0.326 e. The number of pyridine rings is 1. The van der Waals surface area contributed by atoms with Gasteiger partial charge in [0.15, 0.2) is 0 Å². The van der Waals surface area contributed by atoms with Gasteiger partial charge in [-0.2, -0.15) is 0 Å². The van der Waals surface area contributed by atoms with Gasteiger partial charge in [0.05, 0.1) is 6.67 Å². The number of carbonyl (C=O) groups is 2. The number of urea groups is 1. The molecule has 3 aliphatic rings. The lowest BCUT2D eigenvalue weighted by atomic mass is 9.73. The molecule has 1 N–H and O–H groups in total. The summed E-state index contributed by atoms with van der Waals surface area (Å²) in [6, 6.07) is 5.70. The Morgan fingerprint density at radius 3 is 2.69 bits per heavy atom. The van der Waals surface area contributed by atoms with E-state index in [2.05, 4.69) is 27.0 Å². The lowest BCUT2D eigenvalue weighted by Gasteiger charge is -2.38. The van der Waals surface area contributed by atoms with E-state index in [0.717, 1.165) is 57.7 Å². The summed E-state index contributed by atoms with van der Waals surface area (Å²) in [6.45, 7) is 5.80. The zero-order valence-electron chi connectivity index (χ0n) is 15.4. The molecule has 1 spiro atoms. The summed E-state index contributed by atoms with van der Waals surface area (Å²) in [7, 11) is 0. The Balaban J connectivity index is 1.38. The zero-order valence-corrected chi connectivity index (χ0v) is 15.4. The second-order valence-corrected chi connectivity index (χ2v) is 7.72. The van der Waals surface area contributed by atoms with Crippen LogP contribution in [0, 0.1) is 5.92 Å². The van der Waals surface area contributed by atoms with Crippen LogP contribution in [0.25, 0.3) is 0 Å². The van der Waals surface area contributed by atoms with Gasteiger partial charge in [0.1, 0.15) is 11.4 Å². The highest BCUT2D eigenvalue weighted by atomic mass is 16.2. The van der Waals surface area contributed by atoms with Crippen molar-refractivity contribution in [3.63, 3.8) is 0 Å². The van der Waals surface area contributed by atoms with Crippen LogP contribution in [0.5, 0.6) is 0 Å². The Hall–Kier alpha value is -2.15. The predicted octanol–water partition coefficient (Wildman–Crippen LogP) is 1.66. The number of hydrogen-bond acceptors (Lipinski definition) is 5. The van der Waals surface area contributed by atoms with E-state index in [1.807, 2.05) is 18.2 Å². The molecule has 2 atom stereocenters. The van der Waals surface area contributed by atoms with Crippen molar-refractivity contribution in [3.8, 4) is 0 Å². The first-order valence-corrected chi connectivity index (χ1v) is 9.62. The third-order valence-electron chi connectivity index (χ3n) is 6.19. The SMILES string of the molecule is C[C@@H]1CCCC[C@@]12NC(=O)N(CN1CCN(c3ccccn3)CC1)C2=O. The second-order valence-electron chi connectivity index (χ2n) is 7.72. The number of hydrogen-bond donors (Lipinski definition) is 1. The first-order valence-electron chi connectivity index (χ1n) is 9.62. The lowest BCUT2D eigenvalue weighted by Crippen LogP contribution is -2.55. The largest absolute Gasteiger partial charge is 0.354 e. The summed E-state index contributed by atoms with van der Waals surface area (Å²) in [5, 5.41) is 3.03. The van der Waals surface area contributed by atoms with Crippen molar-refractivity contribution >= 4 is 17.8 Å². The molecular formula is C19H27N5O2. The van der Waals surface area contributed by atoms with E-state index in [1.54, 1.807) is 6.20 Å². The number of rotatable bonds is 3. The van der Waals surface area contributed by atoms with Crippen LogP contribution >= 0.6 is 0 Å². The molecule has 2 saturated heterocycles. The van der Waals surface area contributed by atoms with Gasteiger partial charge in [0, 0.05) is 32.4 Å². The van der Waals surface area contributed by atoms with Crippen LogP contribution in [-0.4, -0.2) is 65.1 Å². The van der Waals surface area contributed by atoms with Crippen LogP contribution in [0.1, 0.15) is 32.6 Å². The van der Waals surface area contributed by atoms with Crippen molar-refractivity contribution in [3.05, 3.63) is 24.4 Å². The van der Waals surface area contributed by atoms with Gasteiger partial charge in [-0.3, -0.25) is 9.69 Å². The number of nitrogens with zero attached hydrogens (tertiary/aromatic N) is 4. The average molecular weight is 357 g/mol. The van der Waals surface area contributed by atoms with Gasteiger partial charge in [-0.1, -0.05) is 25.8 Å². The standard InChI is InChI=1S/C19H27N5O2/c1-15-6-2-4-8-19(15)17(25)24(18(26)21-19)14-22-10-12-23(13-11-22)16-7-3-5-9-20-16/h3,5,7,9,15H,2,4,6,8,10-14H2,1H3,(H,21,26)/t15-,19-/m1/s1. The average Bonchev–Trinajstić information content (AvgIpc) is 2.90. The second kappa shape index (κ2) is 6.87. The van der Waals surface area contributed by atoms with E-state index in [0.29, 0.717) is 6.67 Å². The maximum Gasteiger partial charge on any atom is 0.326 e. The van der Waals surface area contributed by atoms with Crippen molar-refractivity contribution < 1.29 is 9.59 Å². The molecule has 2 aliphatic heterocycles. The molecule has 1 aromatic rings. The van der Waals surface area contributed by atoms with Gasteiger partial charge in [0.25, 0.3) is 5.91 Å². The van der Waals surface area contributed by atoms with Crippen LogP contribution in [0.3, 0.4) is 0 Å². The van der Waals surface area contributed by atoms with E-state index >= 15 is 0 Å². The Morgan fingerprint density at radius 1 is 1.19 bits per heavy atom. The minimum Gasteiger partial charge on any atom is -0.354 e. The summed E-state index contributed by atoms with van der Waals surface area (Å²) >= 11 is 0. The maximum atomic E-state index is 13.1. The van der Waals surface area contributed by atoms with E-state index in [4.69, 9.17) is 0 Å². The van der Waals surface area contributed by atoms with E-state index in [1.165, 1.54) is 4.90 Å². The molecule has 140 valence electrons. The molecule has 3 fully saturated rings. The summed E-state index contributed by atoms with van der Waals surface area (Å²) in [5.41, 5.74) is -0.662. The van der Waals surface area contributed by atoms with Crippen molar-refractivity contribution in [1.29, 1.82) is 0 Å². The molecule has 7 nitrogen and oxygen atoms in total. The maximum absolute atomic E-state index is 13.1. The van der Waals surface area contributed by atoms with Crippen LogP contribution in [0.4, 0.5) is 10.6 Å². The summed E-state index contributed by atoms with van der Waals surface area (Å²) < 4.78 is 0. The van der Waals surface area contributed by atoms with Gasteiger partial charge in [-0.25, -0.2) is 14.7 Å². The summed E-state index contributed by atoms with van der Waals surface area (Å²) in [4.78, 5) is 35.8. The molecule has 1 aromatic heterocycles. The normalized spacial score (nSPS) is 30.1. The zero-order chi connectivity index (χ0) is 18.1. The number of aromatic nitrogens is 1. The summed E-state index contributed by atoms with van der Waals surface area (Å²) in [5.74, 6) is 1.16. The van der Waals surface area contributed by atoms with Crippen LogP contribution in [0.2, 0.25) is 0 Å². The Morgan fingerprint density at radius 2 is 2.00 bits per heavy atom. The predicted molar refractivity (Wildman–Crippen MR) is 98.6 cm³/mol. The fourth-order valence-electron chi connectivity index (χ4n) is 4.48. The quantitative estimate of drug-likeness (QED) is 0.834. The Labute approximate surface area is 154 Å². The van der Waals surface area contributed by atoms with Crippen molar-refractivity contribution in [1.82, 2.24) is 20.1 Å². The fraction of sp³-hybridized carbons (Fsp3) is 0.632. The van der Waals surface area contributed by atoms with Crippen molar-refractivity contribution in [2.75, 3.05) is 37.7 Å². The molecule has 3 amide bonds. The topological polar surface area (TPSA) is 68.8 Å². The third-order valence-corrected chi connectivity index (χ3v) is 6.19. The highest BCUT2D eigenvalue weighted by Crippen LogP contribution is 2.38. The molecule has 0 unspecified atom stereocenters. The molecule has 1 aliphatic carbocycles. The third kappa shape index (κ3) is 2.94. The molecular weight excluding hydrogens is 330 g/mol. The van der Waals surface area contributed by atoms with Gasteiger partial charge in [0.2, 0.25) is 0 Å². The highest BCUT2D eigenvalue weighted by molar-refractivity contribution is 6.07. The van der Waals surface area contributed by atoms with Crippen molar-refractivity contribution in [2.24, 2.45) is 5.92 Å². The van der Waals surface area contributed by atoms with E-state index in [9.17, 15) is 9.59 Å². The van der Waals surface area contributed by atoms with Crippen LogP contribution in [0.15, 0.2) is 24.4 Å². The number of nitrogens with one attached hydrogen (secondary N) is 1. The highest BCUT2D eigenvalue weighted by Gasteiger charge is 2.55. The fourth-order valence-corrected chi connectivity index (χ4v) is 4.48. The van der Waals surface area contributed by atoms with Gasteiger partial charge in [-0.05, 0) is 30.9 Å². The van der Waals surface area contributed by atoms with Crippen molar-refractivity contribution in [2.45, 2.75) is 38.1 Å². The molecule has 0 aromatic carbocycles. The minimum absolute atomic E-state index is 0.0261. The molecule has 0 bridgehead atoms. The minimum atomic E-state index is -0.662. The molecule has 1 saturated carbocycles. The number of carbonyl (C=O) groups excluding carboxylic acids is 2. The van der Waals surface area contributed by atoms with Crippen LogP contribution < -0.4 is 10.2 Å². The lowest BCUT2D eigenvalue weighted by molar-refractivity contribution is -0.135. The van der Waals surface area contributed by atoms with Gasteiger partial charge < -0.3 is 10.2 Å². The Kier molecular flexibility index (Phi) is 4.56. The molecule has 26 heavy (non-hydrogen) atoms. The Bertz CT molecular complexity index is 674. The van der Waals surface area contributed by atoms with E-state index in [-0.39, 0.29) is 17.9 Å². The molecule has 7 heteroatoms. The van der Waals surface area contributed by atoms with E-state index < -0.39 is 5.54 Å². The van der Waals surface area contributed by atoms with Gasteiger partial charge >= 0.3 is 6.03 Å². The number of anilines is 1. The van der Waals surface area contributed by atoms with Gasteiger partial charge in [-0.15, -0.1) is 0 Å². The molecule has 3 heterocycles. The summed E-state index contributed by atoms with van der Waals surface area (Å²) in [6.07, 6.45) is 5.72. The molecule has 4 rings (SSSR count). The number of piperazine rings is 1. The number of amides is 3. The van der Waals surface area contributed by atoms with Crippen LogP contribution in [-0.2, 0) is 4.79 Å².